The number of hydrogen-bond acceptors (Lipinski definition) is 5. The summed E-state index contributed by atoms with van der Waals surface area (Å²) in [5.41, 5.74) is -1.18. The molecule has 1 aliphatic carbocycles. The van der Waals surface area contributed by atoms with E-state index in [1.807, 2.05) is 11.4 Å². The average molecular weight is 348 g/mol. The Morgan fingerprint density at radius 3 is 3.04 bits per heavy atom. The van der Waals surface area contributed by atoms with Crippen LogP contribution in [0.15, 0.2) is 17.8 Å². The molecule has 0 bridgehead atoms. The Balaban J connectivity index is 1.56. The summed E-state index contributed by atoms with van der Waals surface area (Å²) in [6.07, 6.45) is 5.35. The maximum absolute atomic E-state index is 14.4. The van der Waals surface area contributed by atoms with Crippen molar-refractivity contribution in [2.45, 2.75) is 43.8 Å². The Morgan fingerprint density at radius 2 is 2.29 bits per heavy atom. The van der Waals surface area contributed by atoms with Crippen molar-refractivity contribution < 1.29 is 9.18 Å². The summed E-state index contributed by atoms with van der Waals surface area (Å²) in [5.74, 6) is 0.822. The predicted octanol–water partition coefficient (Wildman–Crippen LogP) is 3.01. The monoisotopic (exact) mass is 348 g/mol. The lowest BCUT2D eigenvalue weighted by atomic mass is 9.81. The fourth-order valence-corrected chi connectivity index (χ4v) is 4.49. The van der Waals surface area contributed by atoms with Gasteiger partial charge in [0.05, 0.1) is 11.9 Å². The first-order valence-electron chi connectivity index (χ1n) is 8.46. The highest BCUT2D eigenvalue weighted by Crippen LogP contribution is 2.37. The molecule has 4 rings (SSSR count). The van der Waals surface area contributed by atoms with Crippen LogP contribution in [-0.4, -0.2) is 52.6 Å². The molecule has 1 saturated carbocycles. The van der Waals surface area contributed by atoms with Crippen LogP contribution >= 0.6 is 11.3 Å². The summed E-state index contributed by atoms with van der Waals surface area (Å²) in [4.78, 5) is 26.2. The Kier molecular flexibility index (Phi) is 3.90. The van der Waals surface area contributed by atoms with Gasteiger partial charge in [0.1, 0.15) is 28.7 Å². The number of fused-ring (bicyclic) bond motifs is 1. The van der Waals surface area contributed by atoms with Crippen molar-refractivity contribution in [1.29, 1.82) is 0 Å². The molecule has 0 aromatic carbocycles. The maximum atomic E-state index is 14.4. The molecule has 0 N–H and O–H groups in total. The van der Waals surface area contributed by atoms with Crippen molar-refractivity contribution >= 4 is 33.3 Å². The average Bonchev–Trinajstić information content (AvgIpc) is 3.21. The van der Waals surface area contributed by atoms with Gasteiger partial charge in [0.15, 0.2) is 0 Å². The number of carbonyl (C=O) groups excluding carboxylic acids is 1. The van der Waals surface area contributed by atoms with Gasteiger partial charge in [0.25, 0.3) is 0 Å². The molecule has 7 heteroatoms. The molecule has 128 valence electrons. The van der Waals surface area contributed by atoms with Crippen LogP contribution in [-0.2, 0) is 4.79 Å². The number of nitrogens with zero attached hydrogens (tertiary/aromatic N) is 4. The van der Waals surface area contributed by atoms with Crippen LogP contribution < -0.4 is 4.90 Å². The van der Waals surface area contributed by atoms with E-state index in [9.17, 15) is 9.18 Å². The number of thiophene rings is 1. The van der Waals surface area contributed by atoms with Gasteiger partial charge in [-0.1, -0.05) is 0 Å². The van der Waals surface area contributed by atoms with Crippen LogP contribution in [0.5, 0.6) is 0 Å². The lowest BCUT2D eigenvalue weighted by molar-refractivity contribution is -0.134. The highest BCUT2D eigenvalue weighted by Gasteiger charge is 2.41. The molecule has 1 amide bonds. The van der Waals surface area contributed by atoms with Gasteiger partial charge in [-0.25, -0.2) is 14.4 Å². The third-order valence-electron chi connectivity index (χ3n) is 5.20. The highest BCUT2D eigenvalue weighted by molar-refractivity contribution is 7.16. The summed E-state index contributed by atoms with van der Waals surface area (Å²) in [5, 5.41) is 2.98. The third-order valence-corrected chi connectivity index (χ3v) is 6.02. The van der Waals surface area contributed by atoms with Crippen LogP contribution in [0.1, 0.15) is 32.1 Å². The van der Waals surface area contributed by atoms with E-state index in [2.05, 4.69) is 14.9 Å². The molecule has 1 saturated heterocycles. The molecule has 2 fully saturated rings. The van der Waals surface area contributed by atoms with Crippen LogP contribution in [0.2, 0.25) is 0 Å². The lowest BCUT2D eigenvalue weighted by Gasteiger charge is -2.38. The van der Waals surface area contributed by atoms with Gasteiger partial charge in [-0.2, -0.15) is 0 Å². The topological polar surface area (TPSA) is 49.3 Å². The summed E-state index contributed by atoms with van der Waals surface area (Å²) in [6, 6.07) is 1.75. The van der Waals surface area contributed by atoms with E-state index in [0.717, 1.165) is 41.8 Å². The Morgan fingerprint density at radius 1 is 1.46 bits per heavy atom. The third kappa shape index (κ3) is 2.64. The van der Waals surface area contributed by atoms with E-state index < -0.39 is 5.67 Å². The largest absolute Gasteiger partial charge is 0.344 e. The van der Waals surface area contributed by atoms with Gasteiger partial charge in [-0.3, -0.25) is 4.79 Å². The Labute approximate surface area is 144 Å². The summed E-state index contributed by atoms with van der Waals surface area (Å²) < 4.78 is 14.4. The lowest BCUT2D eigenvalue weighted by Crippen LogP contribution is -2.50. The first-order valence-corrected chi connectivity index (χ1v) is 9.34. The molecule has 2 aromatic rings. The molecule has 2 aromatic heterocycles. The molecule has 1 unspecified atom stereocenters. The predicted molar refractivity (Wildman–Crippen MR) is 93.1 cm³/mol. The second kappa shape index (κ2) is 5.95. The molecular formula is C17H21FN4OS. The van der Waals surface area contributed by atoms with E-state index >= 15 is 0 Å². The summed E-state index contributed by atoms with van der Waals surface area (Å²) in [6.45, 7) is 1.00. The minimum atomic E-state index is -1.18. The number of rotatable bonds is 4. The van der Waals surface area contributed by atoms with Crippen LogP contribution in [0.25, 0.3) is 10.2 Å². The number of aromatic nitrogens is 2. The standard InChI is InChI=1S/C17H21FN4OS/c1-21(10-17(18)6-3-7-17)16(23)13-4-2-8-22(13)14-12-5-9-24-15(12)20-11-19-14/h5,9,11,13H,2-4,6-8,10H2,1H3. The fourth-order valence-electron chi connectivity index (χ4n) is 3.76. The number of anilines is 1. The normalized spacial score (nSPS) is 22.6. The number of hydrogen-bond donors (Lipinski definition) is 0. The zero-order valence-corrected chi connectivity index (χ0v) is 14.6. The summed E-state index contributed by atoms with van der Waals surface area (Å²) >= 11 is 1.57. The van der Waals surface area contributed by atoms with E-state index in [1.54, 1.807) is 29.6 Å². The van der Waals surface area contributed by atoms with Crippen molar-refractivity contribution in [3.05, 3.63) is 17.8 Å². The number of carbonyl (C=O) groups is 1. The Hall–Kier alpha value is -1.76. The van der Waals surface area contributed by atoms with E-state index in [0.29, 0.717) is 12.8 Å². The van der Waals surface area contributed by atoms with Gasteiger partial charge < -0.3 is 9.80 Å². The van der Waals surface area contributed by atoms with Gasteiger partial charge in [-0.15, -0.1) is 11.3 Å². The van der Waals surface area contributed by atoms with E-state index in [4.69, 9.17) is 0 Å². The van der Waals surface area contributed by atoms with Gasteiger partial charge in [-0.05, 0) is 43.6 Å². The van der Waals surface area contributed by atoms with Crippen molar-refractivity contribution in [3.63, 3.8) is 0 Å². The minimum Gasteiger partial charge on any atom is -0.344 e. The molecule has 0 spiro atoms. The molecule has 24 heavy (non-hydrogen) atoms. The molecule has 1 atom stereocenters. The van der Waals surface area contributed by atoms with Gasteiger partial charge in [0, 0.05) is 13.6 Å². The molecule has 0 radical (unpaired) electrons. The first kappa shape index (κ1) is 15.7. The van der Waals surface area contributed by atoms with E-state index in [-0.39, 0.29) is 18.5 Å². The molecule has 5 nitrogen and oxygen atoms in total. The maximum Gasteiger partial charge on any atom is 0.245 e. The van der Waals surface area contributed by atoms with Gasteiger partial charge >= 0.3 is 0 Å². The van der Waals surface area contributed by atoms with Crippen LogP contribution in [0.3, 0.4) is 0 Å². The fraction of sp³-hybridized carbons (Fsp3) is 0.588. The molecule has 2 aliphatic rings. The minimum absolute atomic E-state index is 0.00147. The van der Waals surface area contributed by atoms with Crippen molar-refractivity contribution in [3.8, 4) is 0 Å². The quantitative estimate of drug-likeness (QED) is 0.852. The molecule has 3 heterocycles. The number of halogens is 1. The highest BCUT2D eigenvalue weighted by atomic mass is 32.1. The first-order chi connectivity index (χ1) is 11.6. The number of amides is 1. The van der Waals surface area contributed by atoms with Crippen molar-refractivity contribution in [2.75, 3.05) is 25.0 Å². The molecule has 1 aliphatic heterocycles. The van der Waals surface area contributed by atoms with Crippen molar-refractivity contribution in [1.82, 2.24) is 14.9 Å². The second-order valence-corrected chi connectivity index (χ2v) is 7.78. The zero-order valence-electron chi connectivity index (χ0n) is 13.7. The van der Waals surface area contributed by atoms with Gasteiger partial charge in [0.2, 0.25) is 5.91 Å². The SMILES string of the molecule is CN(CC1(F)CCC1)C(=O)C1CCCN1c1ncnc2sccc12. The van der Waals surface area contributed by atoms with E-state index in [1.165, 1.54) is 0 Å². The molecular weight excluding hydrogens is 327 g/mol. The summed E-state index contributed by atoms with van der Waals surface area (Å²) in [7, 11) is 1.72. The smallest absolute Gasteiger partial charge is 0.245 e. The Bertz CT molecular complexity index is 760. The number of likely N-dealkylation sites (N-methyl/N-ethyl adjacent to an activating group) is 1. The number of alkyl halides is 1. The van der Waals surface area contributed by atoms with Crippen LogP contribution in [0.4, 0.5) is 10.2 Å². The van der Waals surface area contributed by atoms with Crippen LogP contribution in [0, 0.1) is 0 Å². The van der Waals surface area contributed by atoms with Crippen molar-refractivity contribution in [2.24, 2.45) is 0 Å². The second-order valence-electron chi connectivity index (χ2n) is 6.89. The zero-order chi connectivity index (χ0) is 16.7.